The van der Waals surface area contributed by atoms with Crippen LogP contribution in [0.1, 0.15) is 28.0 Å². The molecule has 1 amide bonds. The molecule has 1 N–H and O–H groups in total. The van der Waals surface area contributed by atoms with E-state index in [1.54, 1.807) is 25.4 Å². The molecule has 0 radical (unpaired) electrons. The maximum Gasteiger partial charge on any atom is 0.272 e. The second-order valence-electron chi connectivity index (χ2n) is 6.83. The lowest BCUT2D eigenvalue weighted by atomic mass is 10.1. The summed E-state index contributed by atoms with van der Waals surface area (Å²) in [6.45, 7) is 4.12. The fraction of sp³-hybridized carbons (Fsp3) is 0.368. The Balaban J connectivity index is 1.68. The highest BCUT2D eigenvalue weighted by Gasteiger charge is 2.33. The fourth-order valence-electron chi connectivity index (χ4n) is 3.01. The van der Waals surface area contributed by atoms with Gasteiger partial charge in [0, 0.05) is 18.8 Å². The molecule has 1 aliphatic rings. The SMILES string of the molecule is Cc1ccc(Nc2ccc(C(=O)N(C)C3CCS(=O)(=O)C3)nc2)cc1C. The number of carbonyl (C=O) groups is 1. The fourth-order valence-corrected chi connectivity index (χ4v) is 4.78. The minimum Gasteiger partial charge on any atom is -0.354 e. The van der Waals surface area contributed by atoms with Crippen LogP contribution in [-0.2, 0) is 9.84 Å². The van der Waals surface area contributed by atoms with Gasteiger partial charge >= 0.3 is 0 Å². The number of hydrogen-bond acceptors (Lipinski definition) is 5. The first kappa shape index (κ1) is 18.4. The van der Waals surface area contributed by atoms with Crippen LogP contribution < -0.4 is 5.32 Å². The van der Waals surface area contributed by atoms with Crippen LogP contribution in [0.2, 0.25) is 0 Å². The van der Waals surface area contributed by atoms with E-state index in [1.165, 1.54) is 16.0 Å². The first-order valence-electron chi connectivity index (χ1n) is 8.53. The molecule has 1 aliphatic heterocycles. The molecule has 7 heteroatoms. The van der Waals surface area contributed by atoms with Crippen molar-refractivity contribution in [2.75, 3.05) is 23.9 Å². The van der Waals surface area contributed by atoms with Crippen molar-refractivity contribution in [1.29, 1.82) is 0 Å². The highest BCUT2D eigenvalue weighted by Crippen LogP contribution is 2.21. The van der Waals surface area contributed by atoms with E-state index in [0.717, 1.165) is 11.4 Å². The standard InChI is InChI=1S/C19H23N3O3S/c1-13-4-5-15(10-14(13)2)21-16-6-7-18(20-11-16)19(23)22(3)17-8-9-26(24,25)12-17/h4-7,10-11,17,21H,8-9,12H2,1-3H3. The Hall–Kier alpha value is -2.41. The summed E-state index contributed by atoms with van der Waals surface area (Å²) in [6, 6.07) is 9.29. The second-order valence-corrected chi connectivity index (χ2v) is 9.06. The number of pyridine rings is 1. The predicted octanol–water partition coefficient (Wildman–Crippen LogP) is 2.70. The first-order chi connectivity index (χ1) is 12.2. The topological polar surface area (TPSA) is 79.4 Å². The zero-order chi connectivity index (χ0) is 18.9. The Morgan fingerprint density at radius 3 is 2.46 bits per heavy atom. The van der Waals surface area contributed by atoms with Crippen molar-refractivity contribution in [2.45, 2.75) is 26.3 Å². The summed E-state index contributed by atoms with van der Waals surface area (Å²) in [5.74, 6) is -0.0896. The molecule has 2 aromatic rings. The Bertz CT molecular complexity index is 924. The Labute approximate surface area is 154 Å². The van der Waals surface area contributed by atoms with E-state index in [2.05, 4.69) is 30.2 Å². The zero-order valence-corrected chi connectivity index (χ0v) is 16.0. The maximum atomic E-state index is 12.5. The van der Waals surface area contributed by atoms with Gasteiger partial charge in [0.1, 0.15) is 5.69 Å². The van der Waals surface area contributed by atoms with Crippen LogP contribution >= 0.6 is 0 Å². The predicted molar refractivity (Wildman–Crippen MR) is 103 cm³/mol. The van der Waals surface area contributed by atoms with Crippen molar-refractivity contribution in [3.8, 4) is 0 Å². The summed E-state index contributed by atoms with van der Waals surface area (Å²) < 4.78 is 23.2. The van der Waals surface area contributed by atoms with Gasteiger partial charge in [-0.2, -0.15) is 0 Å². The molecular weight excluding hydrogens is 350 g/mol. The Kier molecular flexibility index (Phi) is 5.00. The molecule has 1 atom stereocenters. The van der Waals surface area contributed by atoms with Crippen molar-refractivity contribution in [1.82, 2.24) is 9.88 Å². The lowest BCUT2D eigenvalue weighted by Gasteiger charge is -2.23. The van der Waals surface area contributed by atoms with E-state index in [-0.39, 0.29) is 23.5 Å². The summed E-state index contributed by atoms with van der Waals surface area (Å²) in [4.78, 5) is 18.3. The quantitative estimate of drug-likeness (QED) is 0.891. The van der Waals surface area contributed by atoms with Gasteiger partial charge in [0.15, 0.2) is 9.84 Å². The van der Waals surface area contributed by atoms with Gasteiger partial charge in [-0.05, 0) is 55.7 Å². The number of aromatic nitrogens is 1. The molecule has 138 valence electrons. The van der Waals surface area contributed by atoms with Gasteiger partial charge in [-0.1, -0.05) is 6.07 Å². The molecule has 26 heavy (non-hydrogen) atoms. The summed E-state index contributed by atoms with van der Waals surface area (Å²) in [5, 5.41) is 3.27. The molecule has 1 unspecified atom stereocenters. The number of aryl methyl sites for hydroxylation is 2. The third-order valence-electron chi connectivity index (χ3n) is 4.85. The average molecular weight is 373 g/mol. The van der Waals surface area contributed by atoms with Crippen LogP contribution in [0, 0.1) is 13.8 Å². The molecule has 1 aromatic heterocycles. The minimum absolute atomic E-state index is 0.0294. The van der Waals surface area contributed by atoms with Gasteiger partial charge < -0.3 is 10.2 Å². The van der Waals surface area contributed by atoms with Gasteiger partial charge in [-0.15, -0.1) is 0 Å². The van der Waals surface area contributed by atoms with Gasteiger partial charge in [0.05, 0.1) is 23.4 Å². The largest absolute Gasteiger partial charge is 0.354 e. The van der Waals surface area contributed by atoms with Crippen molar-refractivity contribution >= 4 is 27.1 Å². The molecule has 0 bridgehead atoms. The van der Waals surface area contributed by atoms with Crippen LogP contribution in [0.25, 0.3) is 0 Å². The van der Waals surface area contributed by atoms with Crippen molar-refractivity contribution in [2.24, 2.45) is 0 Å². The Morgan fingerprint density at radius 1 is 1.15 bits per heavy atom. The molecule has 0 aliphatic carbocycles. The minimum atomic E-state index is -3.03. The summed E-state index contributed by atoms with van der Waals surface area (Å²) >= 11 is 0. The number of rotatable bonds is 4. The Morgan fingerprint density at radius 2 is 1.88 bits per heavy atom. The number of carbonyl (C=O) groups excluding carboxylic acids is 1. The monoisotopic (exact) mass is 373 g/mol. The number of hydrogen-bond donors (Lipinski definition) is 1. The number of benzene rings is 1. The number of amides is 1. The molecule has 6 nitrogen and oxygen atoms in total. The van der Waals surface area contributed by atoms with E-state index in [9.17, 15) is 13.2 Å². The molecule has 0 saturated carbocycles. The van der Waals surface area contributed by atoms with Crippen LogP contribution in [-0.4, -0.2) is 48.8 Å². The van der Waals surface area contributed by atoms with Gasteiger partial charge in [0.25, 0.3) is 5.91 Å². The molecule has 3 rings (SSSR count). The lowest BCUT2D eigenvalue weighted by molar-refractivity contribution is 0.0742. The molecule has 2 heterocycles. The van der Waals surface area contributed by atoms with Crippen LogP contribution in [0.4, 0.5) is 11.4 Å². The average Bonchev–Trinajstić information content (AvgIpc) is 2.97. The van der Waals surface area contributed by atoms with Crippen LogP contribution in [0.3, 0.4) is 0 Å². The first-order valence-corrected chi connectivity index (χ1v) is 10.4. The number of anilines is 2. The van der Waals surface area contributed by atoms with Gasteiger partial charge in [-0.3, -0.25) is 4.79 Å². The number of nitrogens with zero attached hydrogens (tertiary/aromatic N) is 2. The van der Waals surface area contributed by atoms with Crippen LogP contribution in [0.5, 0.6) is 0 Å². The third kappa shape index (κ3) is 4.04. The van der Waals surface area contributed by atoms with E-state index < -0.39 is 9.84 Å². The summed E-state index contributed by atoms with van der Waals surface area (Å²) in [7, 11) is -1.39. The van der Waals surface area contributed by atoms with E-state index in [4.69, 9.17) is 0 Å². The van der Waals surface area contributed by atoms with Crippen molar-refractivity contribution < 1.29 is 13.2 Å². The zero-order valence-electron chi connectivity index (χ0n) is 15.2. The maximum absolute atomic E-state index is 12.5. The van der Waals surface area contributed by atoms with E-state index in [0.29, 0.717) is 12.1 Å². The third-order valence-corrected chi connectivity index (χ3v) is 6.61. The smallest absolute Gasteiger partial charge is 0.272 e. The van der Waals surface area contributed by atoms with Gasteiger partial charge in [0.2, 0.25) is 0 Å². The van der Waals surface area contributed by atoms with Crippen molar-refractivity contribution in [3.63, 3.8) is 0 Å². The lowest BCUT2D eigenvalue weighted by Crippen LogP contribution is -2.38. The number of sulfone groups is 1. The highest BCUT2D eigenvalue weighted by molar-refractivity contribution is 7.91. The highest BCUT2D eigenvalue weighted by atomic mass is 32.2. The summed E-state index contributed by atoms with van der Waals surface area (Å²) in [6.07, 6.45) is 2.10. The van der Waals surface area contributed by atoms with Crippen molar-refractivity contribution in [3.05, 3.63) is 53.3 Å². The second kappa shape index (κ2) is 7.07. The molecule has 1 aromatic carbocycles. The van der Waals surface area contributed by atoms with E-state index in [1.807, 2.05) is 12.1 Å². The van der Waals surface area contributed by atoms with E-state index >= 15 is 0 Å². The molecule has 1 saturated heterocycles. The molecule has 0 spiro atoms. The summed E-state index contributed by atoms with van der Waals surface area (Å²) in [5.41, 5.74) is 4.48. The molecular formula is C19H23N3O3S. The normalized spacial score (nSPS) is 18.5. The molecule has 1 fully saturated rings. The van der Waals surface area contributed by atoms with Crippen LogP contribution in [0.15, 0.2) is 36.5 Å². The van der Waals surface area contributed by atoms with Gasteiger partial charge in [-0.25, -0.2) is 13.4 Å². The number of nitrogens with one attached hydrogen (secondary N) is 1.